The lowest BCUT2D eigenvalue weighted by molar-refractivity contribution is -0.000000842. The van der Waals surface area contributed by atoms with Gasteiger partial charge in [0, 0.05) is 0 Å². The number of hydrogen-bond donors (Lipinski definition) is 0. The standard InChI is InChI=1S/C2H6BrS.HI/c1-4(2)3;/h1-2H3;1H/q+1;/p-1. The summed E-state index contributed by atoms with van der Waals surface area (Å²) in [5.74, 6) is 0. The molecular formula is C2H6BrIS. The van der Waals surface area contributed by atoms with Crippen LogP contribution in [0.4, 0.5) is 0 Å². The van der Waals surface area contributed by atoms with Crippen LogP contribution in [0.15, 0.2) is 0 Å². The fraction of sp³-hybridized carbons (Fsp3) is 1.00. The van der Waals surface area contributed by atoms with Crippen LogP contribution in [0.2, 0.25) is 0 Å². The van der Waals surface area contributed by atoms with Crippen LogP contribution in [0.3, 0.4) is 0 Å². The summed E-state index contributed by atoms with van der Waals surface area (Å²) in [6.45, 7) is 0. The molecule has 0 bridgehead atoms. The molecule has 0 rings (SSSR count). The summed E-state index contributed by atoms with van der Waals surface area (Å²) >= 11 is 3.30. The zero-order valence-electron chi connectivity index (χ0n) is 3.16. The SMILES string of the molecule is C[S+](C)Br.[I-]. The molecule has 0 saturated carbocycles. The van der Waals surface area contributed by atoms with Crippen LogP contribution in [0, 0.1) is 0 Å². The van der Waals surface area contributed by atoms with Gasteiger partial charge in [0.15, 0.2) is 0 Å². The van der Waals surface area contributed by atoms with Crippen LogP contribution in [0.1, 0.15) is 0 Å². The minimum atomic E-state index is 0. The molecule has 0 spiro atoms. The Morgan fingerprint density at radius 2 is 1.40 bits per heavy atom. The molecule has 0 fully saturated rings. The van der Waals surface area contributed by atoms with Gasteiger partial charge in [-0.1, -0.05) is 0 Å². The van der Waals surface area contributed by atoms with E-state index in [-0.39, 0.29) is 24.0 Å². The molecule has 0 aliphatic carbocycles. The number of hydrogen-bond acceptors (Lipinski definition) is 0. The highest BCUT2D eigenvalue weighted by atomic mass is 127. The summed E-state index contributed by atoms with van der Waals surface area (Å²) in [6.07, 6.45) is 4.22. The summed E-state index contributed by atoms with van der Waals surface area (Å²) in [4.78, 5) is 0. The fourth-order valence-corrected chi connectivity index (χ4v) is 0. The van der Waals surface area contributed by atoms with E-state index in [0.29, 0.717) is 9.33 Å². The van der Waals surface area contributed by atoms with Crippen molar-refractivity contribution in [2.24, 2.45) is 0 Å². The monoisotopic (exact) mass is 268 g/mol. The average molecular weight is 269 g/mol. The molecule has 0 amide bonds. The van der Waals surface area contributed by atoms with Crippen molar-refractivity contribution in [3.05, 3.63) is 0 Å². The minimum Gasteiger partial charge on any atom is -1.00 e. The number of halogens is 2. The second kappa shape index (κ2) is 5.56. The lowest BCUT2D eigenvalue weighted by Crippen LogP contribution is -3.00. The molecule has 0 aliphatic rings. The summed E-state index contributed by atoms with van der Waals surface area (Å²) in [5.41, 5.74) is 0. The Balaban J connectivity index is 0. The van der Waals surface area contributed by atoms with E-state index >= 15 is 0 Å². The molecule has 0 atom stereocenters. The first kappa shape index (κ1) is 9.75. The molecular weight excluding hydrogens is 263 g/mol. The molecule has 0 heterocycles. The van der Waals surface area contributed by atoms with Gasteiger partial charge in [-0.15, -0.1) is 0 Å². The normalized spacial score (nSPS) is 7.20. The van der Waals surface area contributed by atoms with Gasteiger partial charge in [0.05, 0.1) is 9.33 Å². The average Bonchev–Trinajstić information content (AvgIpc) is 0.811. The van der Waals surface area contributed by atoms with Gasteiger partial charge in [0.25, 0.3) is 0 Å². The van der Waals surface area contributed by atoms with E-state index in [1.54, 1.807) is 0 Å². The molecule has 3 heteroatoms. The molecule has 0 aromatic rings. The van der Waals surface area contributed by atoms with E-state index in [4.69, 9.17) is 0 Å². The largest absolute Gasteiger partial charge is 1.00 e. The van der Waals surface area contributed by atoms with Crippen LogP contribution in [0.25, 0.3) is 0 Å². The van der Waals surface area contributed by atoms with Crippen LogP contribution < -0.4 is 24.0 Å². The van der Waals surface area contributed by atoms with Gasteiger partial charge < -0.3 is 24.0 Å². The first-order valence-electron chi connectivity index (χ1n) is 0.971. The topological polar surface area (TPSA) is 0 Å². The van der Waals surface area contributed by atoms with E-state index in [9.17, 15) is 0 Å². The van der Waals surface area contributed by atoms with Crippen molar-refractivity contribution < 1.29 is 24.0 Å². The lowest BCUT2D eigenvalue weighted by atomic mass is 11.9. The summed E-state index contributed by atoms with van der Waals surface area (Å²) in [5, 5.41) is 0. The van der Waals surface area contributed by atoms with E-state index in [1.807, 2.05) is 0 Å². The van der Waals surface area contributed by atoms with Crippen molar-refractivity contribution in [2.75, 3.05) is 12.5 Å². The third kappa shape index (κ3) is 29.0. The van der Waals surface area contributed by atoms with E-state index in [0.717, 1.165) is 0 Å². The van der Waals surface area contributed by atoms with Crippen LogP contribution in [0.5, 0.6) is 0 Å². The van der Waals surface area contributed by atoms with Crippen LogP contribution in [-0.4, -0.2) is 12.5 Å². The second-order valence-electron chi connectivity index (χ2n) is 0.717. The Kier molecular flexibility index (Phi) is 10.8. The molecule has 0 aromatic heterocycles. The second-order valence-corrected chi connectivity index (χ2v) is 6.04. The molecule has 0 N–H and O–H groups in total. The predicted octanol–water partition coefficient (Wildman–Crippen LogP) is -1.82. The van der Waals surface area contributed by atoms with Gasteiger partial charge in [0.1, 0.15) is 12.5 Å². The van der Waals surface area contributed by atoms with Crippen molar-refractivity contribution in [3.8, 4) is 0 Å². The highest BCUT2D eigenvalue weighted by Crippen LogP contribution is 1.90. The third-order valence-electron chi connectivity index (χ3n) is 0. The van der Waals surface area contributed by atoms with Crippen molar-refractivity contribution in [1.82, 2.24) is 0 Å². The Labute approximate surface area is 60.3 Å². The first-order valence-corrected chi connectivity index (χ1v) is 4.85. The quantitative estimate of drug-likeness (QED) is 0.359. The van der Waals surface area contributed by atoms with Gasteiger partial charge in [-0.3, -0.25) is 0 Å². The van der Waals surface area contributed by atoms with Crippen molar-refractivity contribution in [1.29, 1.82) is 0 Å². The maximum absolute atomic E-state index is 3.30. The van der Waals surface area contributed by atoms with E-state index in [1.165, 1.54) is 0 Å². The van der Waals surface area contributed by atoms with Gasteiger partial charge in [-0.2, -0.15) is 0 Å². The lowest BCUT2D eigenvalue weighted by Gasteiger charge is -1.63. The minimum absolute atomic E-state index is 0. The van der Waals surface area contributed by atoms with E-state index < -0.39 is 0 Å². The fourth-order valence-electron chi connectivity index (χ4n) is 0. The van der Waals surface area contributed by atoms with Gasteiger partial charge >= 0.3 is 0 Å². The van der Waals surface area contributed by atoms with Gasteiger partial charge in [-0.25, -0.2) is 0 Å². The zero-order valence-corrected chi connectivity index (χ0v) is 7.72. The smallest absolute Gasteiger partial charge is 0.231 e. The number of rotatable bonds is 0. The Morgan fingerprint density at radius 1 is 1.40 bits per heavy atom. The molecule has 0 unspecified atom stereocenters. The molecule has 0 radical (unpaired) electrons. The maximum atomic E-state index is 3.30. The first-order chi connectivity index (χ1) is 1.73. The van der Waals surface area contributed by atoms with Crippen molar-refractivity contribution >= 4 is 24.1 Å². The Morgan fingerprint density at radius 3 is 1.40 bits per heavy atom. The molecule has 0 aliphatic heterocycles. The highest BCUT2D eigenvalue weighted by Gasteiger charge is 1.84. The van der Waals surface area contributed by atoms with Crippen molar-refractivity contribution in [2.45, 2.75) is 0 Å². The maximum Gasteiger partial charge on any atom is 0.231 e. The Bertz CT molecular complexity index is 14.4. The summed E-state index contributed by atoms with van der Waals surface area (Å²) in [6, 6.07) is 0. The summed E-state index contributed by atoms with van der Waals surface area (Å²) in [7, 11) is 0.451. The molecule has 5 heavy (non-hydrogen) atoms. The van der Waals surface area contributed by atoms with Gasteiger partial charge in [0.2, 0.25) is 14.8 Å². The molecule has 0 saturated heterocycles. The van der Waals surface area contributed by atoms with Crippen LogP contribution >= 0.6 is 14.8 Å². The highest BCUT2D eigenvalue weighted by molar-refractivity contribution is 9.48. The van der Waals surface area contributed by atoms with E-state index in [2.05, 4.69) is 27.3 Å². The Hall–Kier alpha value is 1.56. The van der Waals surface area contributed by atoms with Crippen molar-refractivity contribution in [3.63, 3.8) is 0 Å². The molecule has 0 aromatic carbocycles. The molecule has 34 valence electrons. The van der Waals surface area contributed by atoms with Gasteiger partial charge in [-0.05, 0) is 0 Å². The zero-order chi connectivity index (χ0) is 3.58. The summed E-state index contributed by atoms with van der Waals surface area (Å²) < 4.78 is 0. The third-order valence-corrected chi connectivity index (χ3v) is 0. The van der Waals surface area contributed by atoms with Crippen LogP contribution in [-0.2, 0) is 9.33 Å². The molecule has 0 nitrogen and oxygen atoms in total. The predicted molar refractivity (Wildman–Crippen MR) is 28.1 cm³/mol.